The first-order chi connectivity index (χ1) is 22.8. The average Bonchev–Trinajstić information content (AvgIpc) is 3.58. The number of halogens is 2. The van der Waals surface area contributed by atoms with Gasteiger partial charge in [-0.15, -0.1) is 0 Å². The summed E-state index contributed by atoms with van der Waals surface area (Å²) in [6.45, 7) is 2.74. The van der Waals surface area contributed by atoms with Gasteiger partial charge in [0, 0.05) is 31.0 Å². The van der Waals surface area contributed by atoms with Crippen molar-refractivity contribution in [1.82, 2.24) is 14.9 Å². The Morgan fingerprint density at radius 3 is 2.40 bits per heavy atom. The van der Waals surface area contributed by atoms with E-state index in [1.807, 2.05) is 18.2 Å². The van der Waals surface area contributed by atoms with Crippen LogP contribution in [0.5, 0.6) is 11.5 Å². The van der Waals surface area contributed by atoms with Crippen molar-refractivity contribution in [2.24, 2.45) is 5.92 Å². The number of ether oxygens (including phenoxy) is 4. The number of para-hydroxylation sites is 1. The Labute approximate surface area is 282 Å². The fraction of sp³-hybridized carbons (Fsp3) is 0.353. The van der Waals surface area contributed by atoms with Crippen LogP contribution < -0.4 is 14.4 Å². The Kier molecular flexibility index (Phi) is 10.1. The number of esters is 1. The summed E-state index contributed by atoms with van der Waals surface area (Å²) in [5.74, 6) is 0.697. The normalized spacial score (nSPS) is 19.1. The first-order valence-corrected chi connectivity index (χ1v) is 16.0. The maximum atomic E-state index is 13.5. The van der Waals surface area contributed by atoms with E-state index in [0.717, 1.165) is 32.5 Å². The lowest BCUT2D eigenvalue weighted by molar-refractivity contribution is -0.0312. The van der Waals surface area contributed by atoms with Gasteiger partial charge >= 0.3 is 12.1 Å². The van der Waals surface area contributed by atoms with E-state index in [4.69, 9.17) is 46.6 Å². The molecule has 2 atom stereocenters. The molecule has 47 heavy (non-hydrogen) atoms. The molecule has 3 saturated heterocycles. The average molecular weight is 682 g/mol. The Morgan fingerprint density at radius 2 is 1.74 bits per heavy atom. The molecule has 2 aromatic carbocycles. The molecule has 0 aliphatic carbocycles. The van der Waals surface area contributed by atoms with E-state index >= 15 is 0 Å². The molecule has 2 bridgehead atoms. The number of anilines is 1. The van der Waals surface area contributed by atoms with Crippen LogP contribution in [-0.4, -0.2) is 66.9 Å². The van der Waals surface area contributed by atoms with Gasteiger partial charge in [-0.3, -0.25) is 14.8 Å². The molecule has 2 aromatic heterocycles. The van der Waals surface area contributed by atoms with Gasteiger partial charge in [0.25, 0.3) is 0 Å². The molecule has 0 saturated carbocycles. The second-order valence-corrected chi connectivity index (χ2v) is 12.2. The summed E-state index contributed by atoms with van der Waals surface area (Å²) in [6, 6.07) is 14.3. The van der Waals surface area contributed by atoms with E-state index in [9.17, 15) is 9.59 Å². The number of aromatic nitrogens is 2. The second-order valence-electron chi connectivity index (χ2n) is 11.4. The molecular weight excluding hydrogens is 647 g/mol. The van der Waals surface area contributed by atoms with Crippen molar-refractivity contribution in [3.63, 3.8) is 0 Å². The van der Waals surface area contributed by atoms with Crippen LogP contribution in [0.1, 0.15) is 46.5 Å². The maximum Gasteiger partial charge on any atom is 0.415 e. The summed E-state index contributed by atoms with van der Waals surface area (Å²) in [5.41, 5.74) is 1.70. The van der Waals surface area contributed by atoms with Crippen LogP contribution in [0.3, 0.4) is 0 Å². The Bertz CT molecular complexity index is 1690. The lowest BCUT2D eigenvalue weighted by atomic mass is 9.86. The molecule has 11 nitrogen and oxygen atoms in total. The molecule has 3 aliphatic rings. The lowest BCUT2D eigenvalue weighted by Crippen LogP contribution is -2.53. The lowest BCUT2D eigenvalue weighted by Gasteiger charge is -2.44. The third kappa shape index (κ3) is 7.48. The van der Waals surface area contributed by atoms with Crippen molar-refractivity contribution >= 4 is 41.0 Å². The van der Waals surface area contributed by atoms with Crippen molar-refractivity contribution in [1.29, 1.82) is 0 Å². The number of carbonyl (C=O) groups is 2. The minimum atomic E-state index is -0.850. The zero-order valence-corrected chi connectivity index (χ0v) is 27.4. The molecule has 0 radical (unpaired) electrons. The van der Waals surface area contributed by atoms with Gasteiger partial charge in [-0.25, -0.2) is 14.6 Å². The van der Waals surface area contributed by atoms with Crippen LogP contribution in [0, 0.1) is 5.92 Å². The van der Waals surface area contributed by atoms with Gasteiger partial charge in [-0.05, 0) is 67.2 Å². The summed E-state index contributed by atoms with van der Waals surface area (Å²) >= 11 is 12.8. The Balaban J connectivity index is 1.21. The fourth-order valence-electron chi connectivity index (χ4n) is 6.01. The van der Waals surface area contributed by atoms with E-state index < -0.39 is 18.2 Å². The fourth-order valence-corrected chi connectivity index (χ4v) is 6.53. The zero-order valence-electron chi connectivity index (χ0n) is 25.9. The number of piperidine rings is 3. The number of nitrogens with zero attached hydrogens (tertiary/aromatic N) is 4. The van der Waals surface area contributed by atoms with Crippen molar-refractivity contribution in [3.8, 4) is 11.5 Å². The summed E-state index contributed by atoms with van der Waals surface area (Å²) in [5, 5.41) is 0.655. The quantitative estimate of drug-likeness (QED) is 0.157. The first-order valence-electron chi connectivity index (χ1n) is 15.2. The first kappa shape index (κ1) is 32.6. The maximum absolute atomic E-state index is 13.5. The van der Waals surface area contributed by atoms with Crippen molar-refractivity contribution in [2.75, 3.05) is 38.8 Å². The molecule has 13 heteroatoms. The minimum absolute atomic E-state index is 0.0570. The van der Waals surface area contributed by atoms with E-state index in [-0.39, 0.29) is 30.7 Å². The van der Waals surface area contributed by atoms with E-state index in [1.54, 1.807) is 30.3 Å². The monoisotopic (exact) mass is 680 g/mol. The number of carbonyl (C=O) groups excluding carboxylic acids is 2. The molecular formula is C34H34Cl2N4O7. The largest absolute Gasteiger partial charge is 0.493 e. The molecule has 0 unspecified atom stereocenters. The number of hydrogen-bond acceptors (Lipinski definition) is 10. The van der Waals surface area contributed by atoms with Crippen LogP contribution >= 0.6 is 23.2 Å². The summed E-state index contributed by atoms with van der Waals surface area (Å²) in [6.07, 6.45) is 4.78. The number of pyridine rings is 1. The smallest absolute Gasteiger partial charge is 0.415 e. The summed E-state index contributed by atoms with van der Waals surface area (Å²) in [7, 11) is 3.05. The van der Waals surface area contributed by atoms with Gasteiger partial charge in [-0.1, -0.05) is 47.5 Å². The number of oxazole rings is 1. The third-order valence-corrected chi connectivity index (χ3v) is 9.21. The topological polar surface area (TPSA) is 116 Å². The Hall–Kier alpha value is -4.32. The van der Waals surface area contributed by atoms with Gasteiger partial charge in [0.05, 0.1) is 24.3 Å². The van der Waals surface area contributed by atoms with Gasteiger partial charge in [0.15, 0.2) is 17.2 Å². The number of amides is 1. The van der Waals surface area contributed by atoms with Gasteiger partial charge < -0.3 is 23.4 Å². The van der Waals surface area contributed by atoms with Gasteiger partial charge in [0.1, 0.15) is 25.0 Å². The standard InChI is InChI=1S/C34H34Cl2N4O7/c1-43-28-9-8-22(14-30(28)44-2)29(15-24-25(35)16-37-17-26(24)36)46-33(41)27-20-45-32(38-27)19-40(23-6-4-3-5-7-23)34(42)47-31-18-39-12-10-21(31)11-13-39/h3-9,14,16-17,20-21,29,31H,10-13,15,18-19H2,1-2H3/t29-,31-/m0/s1. The van der Waals surface area contributed by atoms with Crippen LogP contribution in [0.15, 0.2) is 71.6 Å². The molecule has 1 amide bonds. The van der Waals surface area contributed by atoms with Crippen LogP contribution in [0.4, 0.5) is 10.5 Å². The number of hydrogen-bond donors (Lipinski definition) is 0. The predicted octanol–water partition coefficient (Wildman–Crippen LogP) is 6.77. The summed E-state index contributed by atoms with van der Waals surface area (Å²) in [4.78, 5) is 39.2. The molecule has 5 heterocycles. The highest BCUT2D eigenvalue weighted by Gasteiger charge is 2.38. The molecule has 3 aliphatic heterocycles. The van der Waals surface area contributed by atoms with Crippen LogP contribution in [0.25, 0.3) is 0 Å². The van der Waals surface area contributed by atoms with E-state index in [0.29, 0.717) is 44.3 Å². The highest BCUT2D eigenvalue weighted by atomic mass is 35.5. The predicted molar refractivity (Wildman–Crippen MR) is 174 cm³/mol. The van der Waals surface area contributed by atoms with Crippen LogP contribution in [-0.2, 0) is 22.4 Å². The van der Waals surface area contributed by atoms with Crippen molar-refractivity contribution < 1.29 is 33.0 Å². The number of fused-ring (bicyclic) bond motifs is 3. The van der Waals surface area contributed by atoms with Crippen molar-refractivity contribution in [3.05, 3.63) is 99.9 Å². The van der Waals surface area contributed by atoms with Crippen LogP contribution in [0.2, 0.25) is 10.0 Å². The number of rotatable bonds is 11. The molecule has 4 aromatic rings. The molecule has 246 valence electrons. The Morgan fingerprint density at radius 1 is 1.02 bits per heavy atom. The van der Waals surface area contributed by atoms with Gasteiger partial charge in [0.2, 0.25) is 5.89 Å². The highest BCUT2D eigenvalue weighted by molar-refractivity contribution is 6.35. The molecule has 0 N–H and O–H groups in total. The third-order valence-electron chi connectivity index (χ3n) is 8.56. The van der Waals surface area contributed by atoms with E-state index in [2.05, 4.69) is 14.9 Å². The molecule has 3 fully saturated rings. The van der Waals surface area contributed by atoms with Gasteiger partial charge in [-0.2, -0.15) is 0 Å². The number of methoxy groups -OCH3 is 2. The number of benzene rings is 2. The zero-order chi connectivity index (χ0) is 32.9. The molecule has 7 rings (SSSR count). The second kappa shape index (κ2) is 14.6. The van der Waals surface area contributed by atoms with E-state index in [1.165, 1.54) is 37.8 Å². The minimum Gasteiger partial charge on any atom is -0.493 e. The SMILES string of the molecule is COc1ccc([C@H](Cc2c(Cl)cncc2Cl)OC(=O)c2coc(CN(C(=O)O[C@H]3CN4CCC3CC4)c3ccccc3)n2)cc1OC. The molecule has 0 spiro atoms. The highest BCUT2D eigenvalue weighted by Crippen LogP contribution is 2.36. The van der Waals surface area contributed by atoms with Crippen molar-refractivity contribution in [2.45, 2.75) is 38.0 Å². The summed E-state index contributed by atoms with van der Waals surface area (Å²) < 4.78 is 28.5.